The molecule has 1 aromatic carbocycles. The third-order valence-electron chi connectivity index (χ3n) is 5.30. The number of ether oxygens (including phenoxy) is 1. The largest absolute Gasteiger partial charge is 0.461 e. The van der Waals surface area contributed by atoms with Crippen molar-refractivity contribution in [2.24, 2.45) is 11.8 Å². The number of benzene rings is 1. The smallest absolute Gasteiger partial charge is 0.368 e. The predicted octanol–water partition coefficient (Wildman–Crippen LogP) is 0.387. The lowest BCUT2D eigenvalue weighted by Crippen LogP contribution is -2.97. The van der Waals surface area contributed by atoms with Crippen LogP contribution in [0, 0.1) is 17.7 Å². The molecule has 7 heteroatoms. The molecular formula is C18H22FN2O4+. The Bertz CT molecular complexity index is 738. The standard InChI is InChI=1S/C18H21FN2O4/c1-4-21-15(22)12-13(16(21)23)18(3,17(24)25-5-2)20-14(12)10-8-6-7-9-11(10)19/h6-9,12-14,20H,4-5H2,1-3H3/p+1/t12-,13-,14-,18+/m0/s1. The fourth-order valence-corrected chi connectivity index (χ4v) is 4.15. The summed E-state index contributed by atoms with van der Waals surface area (Å²) in [4.78, 5) is 39.4. The highest BCUT2D eigenvalue weighted by molar-refractivity contribution is 6.08. The van der Waals surface area contributed by atoms with Crippen LogP contribution in [0.3, 0.4) is 0 Å². The van der Waals surface area contributed by atoms with E-state index in [4.69, 9.17) is 4.74 Å². The van der Waals surface area contributed by atoms with Crippen LogP contribution >= 0.6 is 0 Å². The van der Waals surface area contributed by atoms with Crippen LogP contribution in [-0.4, -0.2) is 41.4 Å². The van der Waals surface area contributed by atoms with Crippen molar-refractivity contribution in [2.45, 2.75) is 32.4 Å². The number of carbonyl (C=O) groups excluding carboxylic acids is 3. The van der Waals surface area contributed by atoms with Crippen LogP contribution in [0.2, 0.25) is 0 Å². The summed E-state index contributed by atoms with van der Waals surface area (Å²) in [6.07, 6.45) is 0. The van der Waals surface area contributed by atoms with E-state index in [9.17, 15) is 18.8 Å². The molecule has 0 bridgehead atoms. The molecule has 2 heterocycles. The summed E-state index contributed by atoms with van der Waals surface area (Å²) in [6.45, 7) is 5.40. The third-order valence-corrected chi connectivity index (χ3v) is 5.30. The number of quaternary nitrogens is 1. The first kappa shape index (κ1) is 17.5. The Morgan fingerprint density at radius 3 is 2.56 bits per heavy atom. The second kappa shape index (κ2) is 6.22. The number of fused-ring (bicyclic) bond motifs is 1. The maximum absolute atomic E-state index is 14.4. The molecule has 6 nitrogen and oxygen atoms in total. The minimum Gasteiger partial charge on any atom is -0.461 e. The normalized spacial score (nSPS) is 31.4. The van der Waals surface area contributed by atoms with Gasteiger partial charge in [-0.05, 0) is 19.9 Å². The topological polar surface area (TPSA) is 80.3 Å². The lowest BCUT2D eigenvalue weighted by molar-refractivity contribution is -0.731. The molecule has 2 fully saturated rings. The van der Waals surface area contributed by atoms with Crippen LogP contribution in [0.15, 0.2) is 24.3 Å². The fourth-order valence-electron chi connectivity index (χ4n) is 4.15. The van der Waals surface area contributed by atoms with E-state index in [2.05, 4.69) is 0 Å². The summed E-state index contributed by atoms with van der Waals surface area (Å²) in [6, 6.07) is 5.51. The van der Waals surface area contributed by atoms with Gasteiger partial charge in [-0.3, -0.25) is 14.5 Å². The molecule has 2 aliphatic heterocycles. The van der Waals surface area contributed by atoms with E-state index in [1.54, 1.807) is 44.3 Å². The van der Waals surface area contributed by atoms with Gasteiger partial charge in [0.25, 0.3) is 0 Å². The second-order valence-electron chi connectivity index (χ2n) is 6.64. The van der Waals surface area contributed by atoms with E-state index in [1.807, 2.05) is 0 Å². The van der Waals surface area contributed by atoms with Gasteiger partial charge >= 0.3 is 5.97 Å². The SMILES string of the molecule is CCOC(=O)[C@]1(C)[NH2+][C@@H](c2ccccc2F)[C@H]2C(=O)N(CC)C(=O)[C@H]21. The highest BCUT2D eigenvalue weighted by Gasteiger charge is 2.70. The zero-order chi connectivity index (χ0) is 18.4. The Labute approximate surface area is 145 Å². The summed E-state index contributed by atoms with van der Waals surface area (Å²) in [5, 5.41) is 1.63. The number of halogens is 1. The number of hydrogen-bond donors (Lipinski definition) is 1. The quantitative estimate of drug-likeness (QED) is 0.630. The fraction of sp³-hybridized carbons (Fsp3) is 0.500. The number of imide groups is 1. The number of hydrogen-bond acceptors (Lipinski definition) is 4. The molecule has 0 spiro atoms. The Morgan fingerprint density at radius 2 is 1.96 bits per heavy atom. The predicted molar refractivity (Wildman–Crippen MR) is 85.5 cm³/mol. The van der Waals surface area contributed by atoms with Gasteiger partial charge in [0.2, 0.25) is 17.4 Å². The molecule has 2 aliphatic rings. The Hall–Kier alpha value is -2.28. The van der Waals surface area contributed by atoms with Crippen LogP contribution in [0.1, 0.15) is 32.4 Å². The van der Waals surface area contributed by atoms with Gasteiger partial charge in [0.15, 0.2) is 0 Å². The molecule has 134 valence electrons. The van der Waals surface area contributed by atoms with E-state index >= 15 is 0 Å². The summed E-state index contributed by atoms with van der Waals surface area (Å²) in [7, 11) is 0. The first-order valence-electron chi connectivity index (χ1n) is 8.49. The van der Waals surface area contributed by atoms with Gasteiger partial charge in [-0.2, -0.15) is 0 Å². The zero-order valence-electron chi connectivity index (χ0n) is 14.5. The van der Waals surface area contributed by atoms with E-state index in [-0.39, 0.29) is 25.0 Å². The number of likely N-dealkylation sites (tertiary alicyclic amines) is 1. The van der Waals surface area contributed by atoms with Crippen molar-refractivity contribution in [2.75, 3.05) is 13.2 Å². The average molecular weight is 349 g/mol. The molecule has 3 rings (SSSR count). The highest BCUT2D eigenvalue weighted by atomic mass is 19.1. The number of rotatable bonds is 4. The highest BCUT2D eigenvalue weighted by Crippen LogP contribution is 2.44. The second-order valence-corrected chi connectivity index (χ2v) is 6.64. The maximum atomic E-state index is 14.4. The first-order chi connectivity index (χ1) is 11.9. The van der Waals surface area contributed by atoms with Crippen molar-refractivity contribution in [1.29, 1.82) is 0 Å². The van der Waals surface area contributed by atoms with E-state index < -0.39 is 35.2 Å². The lowest BCUT2D eigenvalue weighted by atomic mass is 9.80. The Balaban J connectivity index is 2.11. The molecular weight excluding hydrogens is 327 g/mol. The van der Waals surface area contributed by atoms with Crippen molar-refractivity contribution < 1.29 is 28.8 Å². The molecule has 2 N–H and O–H groups in total. The molecule has 0 aliphatic carbocycles. The van der Waals surface area contributed by atoms with E-state index in [1.165, 1.54) is 6.07 Å². The van der Waals surface area contributed by atoms with Gasteiger partial charge in [-0.15, -0.1) is 0 Å². The van der Waals surface area contributed by atoms with Crippen molar-refractivity contribution in [3.8, 4) is 0 Å². The summed E-state index contributed by atoms with van der Waals surface area (Å²) < 4.78 is 19.5. The van der Waals surface area contributed by atoms with Crippen molar-refractivity contribution in [3.63, 3.8) is 0 Å². The first-order valence-corrected chi connectivity index (χ1v) is 8.49. The van der Waals surface area contributed by atoms with Crippen LogP contribution in [-0.2, 0) is 19.1 Å². The van der Waals surface area contributed by atoms with Crippen molar-refractivity contribution in [3.05, 3.63) is 35.6 Å². The molecule has 2 amide bonds. The van der Waals surface area contributed by atoms with E-state index in [0.717, 1.165) is 4.90 Å². The Morgan fingerprint density at radius 1 is 1.28 bits per heavy atom. The third kappa shape index (κ3) is 2.45. The van der Waals surface area contributed by atoms with Crippen LogP contribution in [0.4, 0.5) is 4.39 Å². The molecule has 2 saturated heterocycles. The minimum atomic E-state index is -1.26. The van der Waals surface area contributed by atoms with Gasteiger partial charge < -0.3 is 10.1 Å². The van der Waals surface area contributed by atoms with Crippen LogP contribution in [0.25, 0.3) is 0 Å². The molecule has 0 aromatic heterocycles. The summed E-state index contributed by atoms with van der Waals surface area (Å²) in [5.74, 6) is -3.38. The van der Waals surface area contributed by atoms with Gasteiger partial charge in [0.05, 0.1) is 6.61 Å². The molecule has 0 saturated carbocycles. The number of carbonyl (C=O) groups is 3. The lowest BCUT2D eigenvalue weighted by Gasteiger charge is -2.25. The maximum Gasteiger partial charge on any atom is 0.368 e. The zero-order valence-corrected chi connectivity index (χ0v) is 14.5. The van der Waals surface area contributed by atoms with Crippen LogP contribution in [0.5, 0.6) is 0 Å². The Kier molecular flexibility index (Phi) is 4.36. The van der Waals surface area contributed by atoms with Crippen molar-refractivity contribution >= 4 is 17.8 Å². The average Bonchev–Trinajstić information content (AvgIpc) is 3.03. The number of amides is 2. The number of nitrogens with zero attached hydrogens (tertiary/aromatic N) is 1. The molecule has 0 radical (unpaired) electrons. The summed E-state index contributed by atoms with van der Waals surface area (Å²) >= 11 is 0. The van der Waals surface area contributed by atoms with Crippen molar-refractivity contribution in [1.82, 2.24) is 4.90 Å². The number of esters is 1. The monoisotopic (exact) mass is 349 g/mol. The van der Waals surface area contributed by atoms with Gasteiger partial charge in [-0.1, -0.05) is 18.2 Å². The molecule has 25 heavy (non-hydrogen) atoms. The van der Waals surface area contributed by atoms with Gasteiger partial charge in [0.1, 0.15) is 23.7 Å². The number of nitrogens with two attached hydrogens (primary N) is 1. The molecule has 1 aromatic rings. The summed E-state index contributed by atoms with van der Waals surface area (Å²) in [5.41, 5.74) is -0.936. The molecule has 4 atom stereocenters. The molecule has 0 unspecified atom stereocenters. The van der Waals surface area contributed by atoms with E-state index in [0.29, 0.717) is 5.56 Å². The van der Waals surface area contributed by atoms with Crippen LogP contribution < -0.4 is 5.32 Å². The van der Waals surface area contributed by atoms with Gasteiger partial charge in [0, 0.05) is 19.0 Å². The van der Waals surface area contributed by atoms with Gasteiger partial charge in [-0.25, -0.2) is 9.18 Å². The minimum absolute atomic E-state index is 0.170.